The van der Waals surface area contributed by atoms with Crippen LogP contribution in [0.5, 0.6) is 11.5 Å². The van der Waals surface area contributed by atoms with Gasteiger partial charge in [0.05, 0.1) is 25.2 Å². The number of rotatable bonds is 5. The Balaban J connectivity index is 1.93. The third-order valence-electron chi connectivity index (χ3n) is 5.58. The molecule has 5 aromatic rings. The fourth-order valence-electron chi connectivity index (χ4n) is 4.01. The van der Waals surface area contributed by atoms with Gasteiger partial charge < -0.3 is 13.9 Å². The first kappa shape index (κ1) is 21.3. The lowest BCUT2D eigenvalue weighted by molar-refractivity contribution is 0.397. The maximum Gasteiger partial charge on any atom is 0.336 e. The van der Waals surface area contributed by atoms with Crippen LogP contribution in [-0.4, -0.2) is 29.4 Å². The normalized spacial score (nSPS) is 10.9. The molecule has 0 amide bonds. The summed E-state index contributed by atoms with van der Waals surface area (Å²) in [7, 11) is 3.11. The highest BCUT2D eigenvalue weighted by Gasteiger charge is 2.25. The SMILES string of the molecule is COc1cc(OC)c2c(C)cc(=O)oc2c1-c1nc(-c2ccccc2)nnc1-c1ccccc1. The number of aryl methyl sites for hydroxylation is 1. The number of aromatic nitrogens is 3. The van der Waals surface area contributed by atoms with Crippen LogP contribution >= 0.6 is 0 Å². The number of nitrogens with zero attached hydrogens (tertiary/aromatic N) is 3. The molecule has 3 aromatic carbocycles. The summed E-state index contributed by atoms with van der Waals surface area (Å²) < 4.78 is 17.1. The maximum absolute atomic E-state index is 12.4. The summed E-state index contributed by atoms with van der Waals surface area (Å²) >= 11 is 0. The first-order chi connectivity index (χ1) is 16.6. The highest BCUT2D eigenvalue weighted by molar-refractivity contribution is 6.02. The van der Waals surface area contributed by atoms with Crippen molar-refractivity contribution in [1.82, 2.24) is 15.2 Å². The molecular formula is C27H21N3O4. The van der Waals surface area contributed by atoms with Crippen molar-refractivity contribution < 1.29 is 13.9 Å². The zero-order chi connectivity index (χ0) is 23.7. The third-order valence-corrected chi connectivity index (χ3v) is 5.58. The van der Waals surface area contributed by atoms with Gasteiger partial charge >= 0.3 is 5.63 Å². The molecule has 34 heavy (non-hydrogen) atoms. The second kappa shape index (κ2) is 8.78. The van der Waals surface area contributed by atoms with Gasteiger partial charge in [-0.1, -0.05) is 60.7 Å². The van der Waals surface area contributed by atoms with Gasteiger partial charge in [0.1, 0.15) is 22.9 Å². The van der Waals surface area contributed by atoms with Crippen molar-refractivity contribution in [2.75, 3.05) is 14.2 Å². The van der Waals surface area contributed by atoms with E-state index in [0.29, 0.717) is 45.2 Å². The largest absolute Gasteiger partial charge is 0.496 e. The fourth-order valence-corrected chi connectivity index (χ4v) is 4.01. The Labute approximate surface area is 195 Å². The predicted octanol–water partition coefficient (Wildman–Crippen LogP) is 5.30. The summed E-state index contributed by atoms with van der Waals surface area (Å²) in [6, 6.07) is 22.4. The van der Waals surface area contributed by atoms with Gasteiger partial charge in [-0.3, -0.25) is 0 Å². The van der Waals surface area contributed by atoms with Crippen LogP contribution in [0.2, 0.25) is 0 Å². The van der Waals surface area contributed by atoms with E-state index < -0.39 is 5.63 Å². The van der Waals surface area contributed by atoms with Gasteiger partial charge in [-0.15, -0.1) is 10.2 Å². The number of fused-ring (bicyclic) bond motifs is 1. The van der Waals surface area contributed by atoms with Gasteiger partial charge in [-0.05, 0) is 12.5 Å². The number of hydrogen-bond acceptors (Lipinski definition) is 7. The molecule has 168 valence electrons. The van der Waals surface area contributed by atoms with Gasteiger partial charge in [0.2, 0.25) is 0 Å². The fraction of sp³-hybridized carbons (Fsp3) is 0.111. The van der Waals surface area contributed by atoms with E-state index in [1.54, 1.807) is 20.3 Å². The van der Waals surface area contributed by atoms with Crippen molar-refractivity contribution in [1.29, 1.82) is 0 Å². The highest BCUT2D eigenvalue weighted by atomic mass is 16.5. The van der Waals surface area contributed by atoms with Crippen molar-refractivity contribution >= 4 is 11.0 Å². The lowest BCUT2D eigenvalue weighted by atomic mass is 9.99. The monoisotopic (exact) mass is 451 g/mol. The highest BCUT2D eigenvalue weighted by Crippen LogP contribution is 2.44. The Morgan fingerprint density at radius 2 is 1.41 bits per heavy atom. The lowest BCUT2D eigenvalue weighted by Gasteiger charge is -2.17. The van der Waals surface area contributed by atoms with Gasteiger partial charge in [0.25, 0.3) is 0 Å². The molecule has 0 spiro atoms. The predicted molar refractivity (Wildman–Crippen MR) is 130 cm³/mol. The molecule has 5 rings (SSSR count). The summed E-state index contributed by atoms with van der Waals surface area (Å²) in [4.78, 5) is 17.3. The van der Waals surface area contributed by atoms with Crippen LogP contribution < -0.4 is 15.1 Å². The molecular weight excluding hydrogens is 430 g/mol. The van der Waals surface area contributed by atoms with Crippen molar-refractivity contribution in [3.8, 4) is 45.4 Å². The van der Waals surface area contributed by atoms with E-state index >= 15 is 0 Å². The summed E-state index contributed by atoms with van der Waals surface area (Å²) in [6.45, 7) is 1.84. The Bertz CT molecular complexity index is 1550. The van der Waals surface area contributed by atoms with E-state index in [4.69, 9.17) is 18.9 Å². The van der Waals surface area contributed by atoms with Gasteiger partial charge in [-0.2, -0.15) is 0 Å². The van der Waals surface area contributed by atoms with Crippen molar-refractivity contribution in [2.45, 2.75) is 6.92 Å². The smallest absolute Gasteiger partial charge is 0.336 e. The number of benzene rings is 3. The summed E-state index contributed by atoms with van der Waals surface area (Å²) in [5.74, 6) is 1.41. The number of hydrogen-bond donors (Lipinski definition) is 0. The molecule has 0 aliphatic rings. The standard InChI is InChI=1S/C27H21N3O4/c1-16-14-21(31)34-26-22(16)19(32-2)15-20(33-3)23(26)25-24(17-10-6-4-7-11-17)29-30-27(28-25)18-12-8-5-9-13-18/h4-15H,1-3H3. The Hall–Kier alpha value is -4.52. The Kier molecular flexibility index (Phi) is 5.51. The Morgan fingerprint density at radius 3 is 2.06 bits per heavy atom. The van der Waals surface area contributed by atoms with Crippen LogP contribution in [0.4, 0.5) is 0 Å². The number of methoxy groups -OCH3 is 2. The van der Waals surface area contributed by atoms with Crippen LogP contribution in [0.15, 0.2) is 82.0 Å². The topological polar surface area (TPSA) is 87.3 Å². The molecule has 0 aliphatic heterocycles. The maximum atomic E-state index is 12.4. The van der Waals surface area contributed by atoms with Crippen molar-refractivity contribution in [3.05, 3.63) is 88.8 Å². The third kappa shape index (κ3) is 3.67. The molecule has 2 aromatic heterocycles. The molecule has 7 heteroatoms. The van der Waals surface area contributed by atoms with E-state index in [1.807, 2.05) is 67.6 Å². The molecule has 0 saturated carbocycles. The molecule has 0 radical (unpaired) electrons. The molecule has 0 unspecified atom stereocenters. The van der Waals surface area contributed by atoms with E-state index in [0.717, 1.165) is 16.7 Å². The molecule has 7 nitrogen and oxygen atoms in total. The van der Waals surface area contributed by atoms with Crippen molar-refractivity contribution in [2.24, 2.45) is 0 Å². The average Bonchev–Trinajstić information content (AvgIpc) is 2.88. The van der Waals surface area contributed by atoms with E-state index in [9.17, 15) is 4.79 Å². The first-order valence-corrected chi connectivity index (χ1v) is 10.7. The minimum atomic E-state index is -0.479. The minimum absolute atomic E-state index is 0.317. The van der Waals surface area contributed by atoms with Gasteiger partial charge in [0.15, 0.2) is 11.4 Å². The minimum Gasteiger partial charge on any atom is -0.496 e. The molecule has 0 atom stereocenters. The van der Waals surface area contributed by atoms with Gasteiger partial charge in [0, 0.05) is 23.3 Å². The van der Waals surface area contributed by atoms with E-state index in [1.165, 1.54) is 6.07 Å². The van der Waals surface area contributed by atoms with Crippen LogP contribution in [0.3, 0.4) is 0 Å². The first-order valence-electron chi connectivity index (χ1n) is 10.7. The molecule has 0 bridgehead atoms. The van der Waals surface area contributed by atoms with E-state index in [2.05, 4.69) is 10.2 Å². The Morgan fingerprint density at radius 1 is 0.765 bits per heavy atom. The zero-order valence-electron chi connectivity index (χ0n) is 18.9. The van der Waals surface area contributed by atoms with Crippen LogP contribution in [0.1, 0.15) is 5.56 Å². The van der Waals surface area contributed by atoms with Crippen LogP contribution in [0.25, 0.3) is 44.9 Å². The quantitative estimate of drug-likeness (QED) is 0.335. The second-order valence-corrected chi connectivity index (χ2v) is 7.67. The zero-order valence-corrected chi connectivity index (χ0v) is 18.9. The van der Waals surface area contributed by atoms with Crippen molar-refractivity contribution in [3.63, 3.8) is 0 Å². The second-order valence-electron chi connectivity index (χ2n) is 7.67. The molecule has 0 N–H and O–H groups in total. The summed E-state index contributed by atoms with van der Waals surface area (Å²) in [6.07, 6.45) is 0. The van der Waals surface area contributed by atoms with Crippen LogP contribution in [0, 0.1) is 6.92 Å². The lowest BCUT2D eigenvalue weighted by Crippen LogP contribution is -2.05. The van der Waals surface area contributed by atoms with Gasteiger partial charge in [-0.25, -0.2) is 9.78 Å². The average molecular weight is 451 g/mol. The van der Waals surface area contributed by atoms with E-state index in [-0.39, 0.29) is 0 Å². The molecule has 0 fully saturated rings. The molecule has 2 heterocycles. The number of ether oxygens (including phenoxy) is 2. The molecule has 0 aliphatic carbocycles. The van der Waals surface area contributed by atoms with Crippen LogP contribution in [-0.2, 0) is 0 Å². The summed E-state index contributed by atoms with van der Waals surface area (Å²) in [5.41, 5.74) is 3.71. The molecule has 0 saturated heterocycles. The summed E-state index contributed by atoms with van der Waals surface area (Å²) in [5, 5.41) is 9.61.